The zero-order valence-electron chi connectivity index (χ0n) is 13.0. The van der Waals surface area contributed by atoms with Crippen LogP contribution in [-0.2, 0) is 0 Å². The van der Waals surface area contributed by atoms with Crippen molar-refractivity contribution in [3.63, 3.8) is 0 Å². The predicted octanol–water partition coefficient (Wildman–Crippen LogP) is 2.18. The van der Waals surface area contributed by atoms with Gasteiger partial charge in [0, 0.05) is 32.2 Å². The largest absolute Gasteiger partial charge is 0.314 e. The number of piperazine rings is 1. The van der Waals surface area contributed by atoms with Crippen molar-refractivity contribution in [1.29, 1.82) is 0 Å². The summed E-state index contributed by atoms with van der Waals surface area (Å²) in [6.45, 7) is 9.92. The van der Waals surface area contributed by atoms with Crippen LogP contribution in [0.4, 0.5) is 0 Å². The lowest BCUT2D eigenvalue weighted by molar-refractivity contribution is 0.152. The molecule has 1 aliphatic heterocycles. The topological polar surface area (TPSA) is 18.5 Å². The van der Waals surface area contributed by atoms with Crippen molar-refractivity contribution < 1.29 is 0 Å². The molecule has 0 amide bonds. The van der Waals surface area contributed by atoms with Crippen LogP contribution in [0.2, 0.25) is 0 Å². The summed E-state index contributed by atoms with van der Waals surface area (Å²) in [5.41, 5.74) is 0. The first-order valence-corrected chi connectivity index (χ1v) is 8.38. The first-order valence-electron chi connectivity index (χ1n) is 8.38. The molecule has 1 aliphatic carbocycles. The molecule has 0 spiro atoms. The molecule has 2 unspecified atom stereocenters. The van der Waals surface area contributed by atoms with Gasteiger partial charge in [-0.15, -0.1) is 0 Å². The monoisotopic (exact) mass is 267 g/mol. The van der Waals surface area contributed by atoms with Crippen LogP contribution in [0.1, 0.15) is 45.4 Å². The molecule has 1 heterocycles. The fourth-order valence-corrected chi connectivity index (χ4v) is 3.37. The van der Waals surface area contributed by atoms with Gasteiger partial charge in [-0.25, -0.2) is 0 Å². The van der Waals surface area contributed by atoms with E-state index in [1.54, 1.807) is 0 Å². The van der Waals surface area contributed by atoms with E-state index in [0.29, 0.717) is 0 Å². The third-order valence-corrected chi connectivity index (χ3v) is 4.94. The Kier molecular flexibility index (Phi) is 6.62. The van der Waals surface area contributed by atoms with Crippen molar-refractivity contribution in [2.45, 2.75) is 51.5 Å². The number of nitrogens with one attached hydrogen (secondary N) is 1. The highest BCUT2D eigenvalue weighted by Gasteiger charge is 2.16. The van der Waals surface area contributed by atoms with E-state index in [0.717, 1.165) is 12.0 Å². The Morgan fingerprint density at radius 2 is 1.79 bits per heavy atom. The lowest BCUT2D eigenvalue weighted by Crippen LogP contribution is -2.45. The molecule has 2 rings (SSSR count). The highest BCUT2D eigenvalue weighted by Crippen LogP contribution is 2.22. The van der Waals surface area contributed by atoms with Crippen LogP contribution in [0, 0.1) is 5.92 Å². The number of likely N-dealkylation sites (N-methyl/N-ethyl adjacent to an activating group) is 1. The van der Waals surface area contributed by atoms with E-state index in [4.69, 9.17) is 0 Å². The second kappa shape index (κ2) is 8.23. The predicted molar refractivity (Wildman–Crippen MR) is 82.6 cm³/mol. The summed E-state index contributed by atoms with van der Waals surface area (Å²) in [7, 11) is 2.23. The van der Waals surface area contributed by atoms with E-state index in [1.165, 1.54) is 77.8 Å². The fraction of sp³-hybridized carbons (Fsp3) is 1.00. The molecule has 2 atom stereocenters. The van der Waals surface area contributed by atoms with Gasteiger partial charge in [0.2, 0.25) is 0 Å². The van der Waals surface area contributed by atoms with E-state index >= 15 is 0 Å². The second-order valence-corrected chi connectivity index (χ2v) is 6.76. The number of rotatable bonds is 5. The lowest BCUT2D eigenvalue weighted by Gasteiger charge is -2.32. The lowest BCUT2D eigenvalue weighted by atomic mass is 10.0. The molecule has 3 heteroatoms. The Morgan fingerprint density at radius 3 is 2.58 bits per heavy atom. The first-order chi connectivity index (χ1) is 9.24. The van der Waals surface area contributed by atoms with Gasteiger partial charge in [0.25, 0.3) is 0 Å². The van der Waals surface area contributed by atoms with Gasteiger partial charge in [-0.3, -0.25) is 0 Å². The minimum Gasteiger partial charge on any atom is -0.314 e. The highest BCUT2D eigenvalue weighted by atomic mass is 15.2. The van der Waals surface area contributed by atoms with Crippen molar-refractivity contribution in [3.05, 3.63) is 0 Å². The maximum atomic E-state index is 3.79. The van der Waals surface area contributed by atoms with E-state index in [2.05, 4.69) is 29.1 Å². The molecule has 0 radical (unpaired) electrons. The fourth-order valence-electron chi connectivity index (χ4n) is 3.37. The van der Waals surface area contributed by atoms with Gasteiger partial charge in [0.15, 0.2) is 0 Å². The average Bonchev–Trinajstić information content (AvgIpc) is 2.62. The zero-order chi connectivity index (χ0) is 13.5. The van der Waals surface area contributed by atoms with Crippen molar-refractivity contribution in [3.8, 4) is 0 Å². The third kappa shape index (κ3) is 5.80. The van der Waals surface area contributed by atoms with Gasteiger partial charge >= 0.3 is 0 Å². The van der Waals surface area contributed by atoms with Gasteiger partial charge in [-0.1, -0.05) is 19.8 Å². The molecule has 0 aromatic rings. The Hall–Kier alpha value is -0.120. The third-order valence-electron chi connectivity index (χ3n) is 4.94. The molecule has 3 nitrogen and oxygen atoms in total. The molecular formula is C16H33N3. The second-order valence-electron chi connectivity index (χ2n) is 6.76. The number of nitrogens with zero attached hydrogens (tertiary/aromatic N) is 2. The zero-order valence-corrected chi connectivity index (χ0v) is 13.0. The average molecular weight is 267 g/mol. The standard InChI is InChI=1S/C16H33N3/c1-15-5-3-6-16(8-7-15)17-9-4-10-19-13-11-18(2)12-14-19/h15-17H,3-14H2,1-2H3. The molecule has 2 fully saturated rings. The Morgan fingerprint density at radius 1 is 1.00 bits per heavy atom. The van der Waals surface area contributed by atoms with E-state index < -0.39 is 0 Å². The molecular weight excluding hydrogens is 234 g/mol. The SMILES string of the molecule is CC1CCCC(NCCCN2CCN(C)CC2)CC1. The van der Waals surface area contributed by atoms with Gasteiger partial charge in [0.1, 0.15) is 0 Å². The summed E-state index contributed by atoms with van der Waals surface area (Å²) in [4.78, 5) is 5.05. The summed E-state index contributed by atoms with van der Waals surface area (Å²) >= 11 is 0. The van der Waals surface area contributed by atoms with Crippen LogP contribution in [-0.4, -0.2) is 62.2 Å². The first kappa shape index (κ1) is 15.3. The molecule has 19 heavy (non-hydrogen) atoms. The van der Waals surface area contributed by atoms with Crippen LogP contribution in [0.5, 0.6) is 0 Å². The van der Waals surface area contributed by atoms with Crippen LogP contribution in [0.15, 0.2) is 0 Å². The van der Waals surface area contributed by atoms with E-state index in [9.17, 15) is 0 Å². The maximum absolute atomic E-state index is 3.79. The van der Waals surface area contributed by atoms with Crippen LogP contribution < -0.4 is 5.32 Å². The number of hydrogen-bond donors (Lipinski definition) is 1. The van der Waals surface area contributed by atoms with E-state index in [-0.39, 0.29) is 0 Å². The quantitative estimate of drug-likeness (QED) is 0.608. The maximum Gasteiger partial charge on any atom is 0.0110 e. The minimum atomic E-state index is 0.803. The summed E-state index contributed by atoms with van der Waals surface area (Å²) in [6, 6.07) is 0.803. The van der Waals surface area contributed by atoms with Gasteiger partial charge < -0.3 is 15.1 Å². The van der Waals surface area contributed by atoms with E-state index in [1.807, 2.05) is 0 Å². The summed E-state index contributed by atoms with van der Waals surface area (Å²) in [5.74, 6) is 0.956. The smallest absolute Gasteiger partial charge is 0.0110 e. The van der Waals surface area contributed by atoms with Crippen molar-refractivity contribution in [2.24, 2.45) is 5.92 Å². The van der Waals surface area contributed by atoms with Crippen molar-refractivity contribution in [1.82, 2.24) is 15.1 Å². The van der Waals surface area contributed by atoms with Gasteiger partial charge in [0.05, 0.1) is 0 Å². The van der Waals surface area contributed by atoms with Crippen LogP contribution in [0.25, 0.3) is 0 Å². The molecule has 1 N–H and O–H groups in total. The highest BCUT2D eigenvalue weighted by molar-refractivity contribution is 4.74. The van der Waals surface area contributed by atoms with Crippen LogP contribution in [0.3, 0.4) is 0 Å². The molecule has 0 aromatic carbocycles. The van der Waals surface area contributed by atoms with Crippen molar-refractivity contribution >= 4 is 0 Å². The summed E-state index contributed by atoms with van der Waals surface area (Å²) < 4.78 is 0. The van der Waals surface area contributed by atoms with Gasteiger partial charge in [-0.2, -0.15) is 0 Å². The summed E-state index contributed by atoms with van der Waals surface area (Å²) in [5, 5.41) is 3.79. The molecule has 1 saturated heterocycles. The van der Waals surface area contributed by atoms with Crippen LogP contribution >= 0.6 is 0 Å². The Bertz CT molecular complexity index is 236. The normalized spacial score (nSPS) is 31.3. The molecule has 2 aliphatic rings. The molecule has 0 aromatic heterocycles. The van der Waals surface area contributed by atoms with Gasteiger partial charge in [-0.05, 0) is 51.7 Å². The molecule has 1 saturated carbocycles. The molecule has 0 bridgehead atoms. The Balaban J connectivity index is 1.51. The Labute approximate surface area is 119 Å². The summed E-state index contributed by atoms with van der Waals surface area (Å²) in [6.07, 6.45) is 8.41. The number of hydrogen-bond acceptors (Lipinski definition) is 3. The molecule has 112 valence electrons. The minimum absolute atomic E-state index is 0.803. The van der Waals surface area contributed by atoms with Crippen molar-refractivity contribution in [2.75, 3.05) is 46.3 Å².